The molecule has 44 heavy (non-hydrogen) atoms. The topological polar surface area (TPSA) is 81.3 Å². The Morgan fingerprint density at radius 1 is 1.05 bits per heavy atom. The van der Waals surface area contributed by atoms with Crippen LogP contribution in [0.15, 0.2) is 48.9 Å². The van der Waals surface area contributed by atoms with Crippen LogP contribution in [0.2, 0.25) is 0 Å². The number of rotatable bonds is 10. The third kappa shape index (κ3) is 6.21. The number of benzene rings is 1. The van der Waals surface area contributed by atoms with Crippen molar-refractivity contribution in [2.75, 3.05) is 32.7 Å². The number of ketones is 1. The van der Waals surface area contributed by atoms with E-state index in [9.17, 15) is 9.59 Å². The lowest BCUT2D eigenvalue weighted by molar-refractivity contribution is -0.131. The highest BCUT2D eigenvalue weighted by Crippen LogP contribution is 2.41. The summed E-state index contributed by atoms with van der Waals surface area (Å²) in [7, 11) is 0. The van der Waals surface area contributed by atoms with Gasteiger partial charge in [-0.2, -0.15) is 0 Å². The maximum atomic E-state index is 13.8. The Morgan fingerprint density at radius 3 is 2.41 bits per heavy atom. The summed E-state index contributed by atoms with van der Waals surface area (Å²) in [6, 6.07) is 10.9. The minimum Gasteiger partial charge on any atom is -0.361 e. The SMILES string of the molecule is Cc1cc(C)cc(-c2[nH]cc(CCC(C)(C)C(=O)C3C4CCN3CC4)c2[C@H](C)CNC(=O)N2CCC(c3ccncc3)C2)c1. The number of fused-ring (bicyclic) bond motifs is 2. The highest BCUT2D eigenvalue weighted by molar-refractivity contribution is 5.90. The summed E-state index contributed by atoms with van der Waals surface area (Å²) in [6.45, 7) is 15.0. The zero-order valence-corrected chi connectivity index (χ0v) is 27.2. The summed E-state index contributed by atoms with van der Waals surface area (Å²) in [4.78, 5) is 39.2. The second kappa shape index (κ2) is 12.5. The molecule has 2 aromatic heterocycles. The van der Waals surface area contributed by atoms with Gasteiger partial charge in [-0.05, 0) is 111 Å². The molecule has 1 aromatic carbocycles. The Hall–Kier alpha value is -3.45. The molecule has 2 bridgehead atoms. The first-order valence-electron chi connectivity index (χ1n) is 16.6. The van der Waals surface area contributed by atoms with Crippen LogP contribution in [-0.2, 0) is 11.2 Å². The van der Waals surface area contributed by atoms with E-state index in [4.69, 9.17) is 0 Å². The summed E-state index contributed by atoms with van der Waals surface area (Å²) in [5.74, 6) is 1.42. The van der Waals surface area contributed by atoms with Gasteiger partial charge in [0.05, 0.1) is 6.04 Å². The number of hydrogen-bond acceptors (Lipinski definition) is 4. The normalized spacial score (nSPS) is 23.7. The van der Waals surface area contributed by atoms with E-state index in [0.717, 1.165) is 51.1 Å². The van der Waals surface area contributed by atoms with E-state index in [0.29, 0.717) is 24.2 Å². The molecule has 2 amide bonds. The fourth-order valence-electron chi connectivity index (χ4n) is 8.07. The third-order valence-electron chi connectivity index (χ3n) is 10.6. The molecule has 0 aliphatic carbocycles. The molecule has 3 saturated heterocycles. The summed E-state index contributed by atoms with van der Waals surface area (Å²) < 4.78 is 0. The van der Waals surface area contributed by atoms with Crippen molar-refractivity contribution in [1.82, 2.24) is 25.1 Å². The van der Waals surface area contributed by atoms with E-state index in [1.165, 1.54) is 46.2 Å². The van der Waals surface area contributed by atoms with Crippen molar-refractivity contribution in [3.8, 4) is 11.3 Å². The zero-order chi connectivity index (χ0) is 31.0. The zero-order valence-electron chi connectivity index (χ0n) is 27.2. The van der Waals surface area contributed by atoms with Crippen LogP contribution in [0.4, 0.5) is 4.79 Å². The minimum absolute atomic E-state index is 0.00589. The van der Waals surface area contributed by atoms with Crippen LogP contribution in [0, 0.1) is 25.2 Å². The second-order valence-electron chi connectivity index (χ2n) is 14.3. The highest BCUT2D eigenvalue weighted by atomic mass is 16.2. The Balaban J connectivity index is 1.17. The van der Waals surface area contributed by atoms with Crippen LogP contribution in [0.3, 0.4) is 0 Å². The molecule has 7 nitrogen and oxygen atoms in total. The Morgan fingerprint density at radius 2 is 1.75 bits per heavy atom. The van der Waals surface area contributed by atoms with Crippen molar-refractivity contribution < 1.29 is 9.59 Å². The Bertz CT molecular complexity index is 1450. The van der Waals surface area contributed by atoms with Crippen LogP contribution < -0.4 is 5.32 Å². The number of amides is 2. The molecule has 3 atom stereocenters. The average Bonchev–Trinajstić information content (AvgIpc) is 3.82. The van der Waals surface area contributed by atoms with Crippen molar-refractivity contribution in [2.24, 2.45) is 11.3 Å². The first kappa shape index (κ1) is 30.6. The van der Waals surface area contributed by atoms with E-state index < -0.39 is 0 Å². The lowest BCUT2D eigenvalue weighted by Gasteiger charge is -2.30. The smallest absolute Gasteiger partial charge is 0.317 e. The van der Waals surface area contributed by atoms with Crippen molar-refractivity contribution in [3.05, 3.63) is 76.7 Å². The molecule has 0 radical (unpaired) electrons. The van der Waals surface area contributed by atoms with Crippen LogP contribution in [0.25, 0.3) is 11.3 Å². The van der Waals surface area contributed by atoms with Gasteiger partial charge in [-0.3, -0.25) is 14.7 Å². The second-order valence-corrected chi connectivity index (χ2v) is 14.3. The molecule has 6 rings (SSSR count). The number of Topliss-reactive ketones (excluding diaryl/α,β-unsaturated/α-hetero) is 1. The number of carbonyl (C=O) groups excluding carboxylic acids is 2. The summed E-state index contributed by atoms with van der Waals surface area (Å²) >= 11 is 0. The number of aryl methyl sites for hydroxylation is 3. The van der Waals surface area contributed by atoms with Gasteiger partial charge < -0.3 is 15.2 Å². The van der Waals surface area contributed by atoms with Gasteiger partial charge in [0, 0.05) is 61.2 Å². The Kier molecular flexibility index (Phi) is 8.69. The van der Waals surface area contributed by atoms with Crippen LogP contribution in [0.5, 0.6) is 0 Å². The molecule has 0 spiro atoms. The number of hydrogen-bond donors (Lipinski definition) is 2. The predicted molar refractivity (Wildman–Crippen MR) is 176 cm³/mol. The average molecular weight is 596 g/mol. The first-order chi connectivity index (χ1) is 21.1. The van der Waals surface area contributed by atoms with Crippen LogP contribution in [0.1, 0.15) is 86.1 Å². The first-order valence-corrected chi connectivity index (χ1v) is 16.6. The van der Waals surface area contributed by atoms with Gasteiger partial charge in [0.2, 0.25) is 0 Å². The monoisotopic (exact) mass is 595 g/mol. The quantitative estimate of drug-likeness (QED) is 0.276. The molecule has 234 valence electrons. The molecule has 3 fully saturated rings. The fraction of sp³-hybridized carbons (Fsp3) is 0.541. The predicted octanol–water partition coefficient (Wildman–Crippen LogP) is 6.62. The summed E-state index contributed by atoms with van der Waals surface area (Å²) in [5.41, 5.74) is 8.11. The number of pyridine rings is 1. The lowest BCUT2D eigenvalue weighted by atomic mass is 9.76. The number of H-pyrrole nitrogens is 1. The number of likely N-dealkylation sites (tertiary alicyclic amines) is 1. The van der Waals surface area contributed by atoms with Crippen molar-refractivity contribution >= 4 is 11.8 Å². The summed E-state index contributed by atoms with van der Waals surface area (Å²) in [5, 5.41) is 3.26. The number of nitrogens with zero attached hydrogens (tertiary/aromatic N) is 3. The van der Waals surface area contributed by atoms with E-state index >= 15 is 0 Å². The van der Waals surface area contributed by atoms with Gasteiger partial charge in [0.25, 0.3) is 0 Å². The van der Waals surface area contributed by atoms with Gasteiger partial charge in [0.1, 0.15) is 0 Å². The number of aromatic nitrogens is 2. The van der Waals surface area contributed by atoms with Crippen molar-refractivity contribution in [1.29, 1.82) is 0 Å². The molecular weight excluding hydrogens is 546 g/mol. The maximum absolute atomic E-state index is 13.8. The van der Waals surface area contributed by atoms with Crippen LogP contribution >= 0.6 is 0 Å². The van der Waals surface area contributed by atoms with Gasteiger partial charge in [-0.1, -0.05) is 38.0 Å². The molecule has 7 heteroatoms. The number of urea groups is 1. The highest BCUT2D eigenvalue weighted by Gasteiger charge is 2.47. The van der Waals surface area contributed by atoms with E-state index in [1.807, 2.05) is 17.3 Å². The molecule has 2 unspecified atom stereocenters. The molecule has 3 aromatic rings. The third-order valence-corrected chi connectivity index (χ3v) is 10.6. The molecular formula is C37H49N5O2. The largest absolute Gasteiger partial charge is 0.361 e. The van der Waals surface area contributed by atoms with Crippen molar-refractivity contribution in [2.45, 2.75) is 84.6 Å². The lowest BCUT2D eigenvalue weighted by Crippen LogP contribution is -2.42. The minimum atomic E-state index is -0.386. The molecule has 0 saturated carbocycles. The number of nitrogens with one attached hydrogen (secondary N) is 2. The van der Waals surface area contributed by atoms with Gasteiger partial charge in [-0.15, -0.1) is 0 Å². The fourth-order valence-corrected chi connectivity index (χ4v) is 8.07. The molecule has 5 heterocycles. The van der Waals surface area contributed by atoms with E-state index in [1.54, 1.807) is 0 Å². The standard InChI is InChI=1S/C37H49N5O2/c1-24-18-25(2)20-31(19-24)33-32(26(3)21-40-36(44)42-17-11-30(23-42)27-7-13-38-14-8-27)29(22-39-33)6-12-37(4,5)35(43)34-28-9-15-41(34)16-10-28/h7-8,13-14,18-20,22,26,28,30,34,39H,6,9-12,15-17,21,23H2,1-5H3,(H,40,44)/t26-,30?,34?/m1/s1. The van der Waals surface area contributed by atoms with Crippen LogP contribution in [-0.4, -0.2) is 70.3 Å². The van der Waals surface area contributed by atoms with Gasteiger partial charge in [0.15, 0.2) is 5.78 Å². The van der Waals surface area contributed by atoms with Gasteiger partial charge >= 0.3 is 6.03 Å². The van der Waals surface area contributed by atoms with E-state index in [2.05, 4.69) is 91.3 Å². The van der Waals surface area contributed by atoms with Crippen molar-refractivity contribution in [3.63, 3.8) is 0 Å². The number of aromatic amines is 1. The molecule has 3 aliphatic rings. The molecule has 2 N–H and O–H groups in total. The number of piperidine rings is 1. The maximum Gasteiger partial charge on any atom is 0.317 e. The number of carbonyl (C=O) groups is 2. The molecule has 3 aliphatic heterocycles. The summed E-state index contributed by atoms with van der Waals surface area (Å²) in [6.07, 6.45) is 10.7. The Labute approximate surface area is 262 Å². The van der Waals surface area contributed by atoms with Gasteiger partial charge in [-0.25, -0.2) is 4.79 Å². The van der Waals surface area contributed by atoms with E-state index in [-0.39, 0.29) is 23.4 Å².